The average Bonchev–Trinajstić information content (AvgIpc) is 2.33. The quantitative estimate of drug-likeness (QED) is 0.656. The van der Waals surface area contributed by atoms with Crippen molar-refractivity contribution in [3.63, 3.8) is 0 Å². The Bertz CT molecular complexity index is 401. The lowest BCUT2D eigenvalue weighted by Crippen LogP contribution is -2.25. The highest BCUT2D eigenvalue weighted by Crippen LogP contribution is 2.17. The molecule has 6 heteroatoms. The molecule has 1 aromatic carbocycles. The van der Waals surface area contributed by atoms with Gasteiger partial charge in [-0.1, -0.05) is 0 Å². The monoisotopic (exact) mass is 273 g/mol. The smallest absolute Gasteiger partial charge is 0.255 e. The minimum atomic E-state index is -0.580. The van der Waals surface area contributed by atoms with Gasteiger partial charge >= 0.3 is 0 Å². The molecule has 0 atom stereocenters. The van der Waals surface area contributed by atoms with Crippen LogP contribution < -0.4 is 5.32 Å². The molecule has 0 aliphatic carbocycles. The molecule has 0 heterocycles. The summed E-state index contributed by atoms with van der Waals surface area (Å²) in [6, 6.07) is 3.29. The van der Waals surface area contributed by atoms with Gasteiger partial charge < -0.3 is 15.5 Å². The van der Waals surface area contributed by atoms with E-state index >= 15 is 0 Å². The summed E-state index contributed by atoms with van der Waals surface area (Å²) >= 11 is 1.62. The molecule has 0 aliphatic rings. The van der Waals surface area contributed by atoms with Gasteiger partial charge in [0.1, 0.15) is 11.6 Å². The number of halogens is 1. The summed E-state index contributed by atoms with van der Waals surface area (Å²) in [5.41, 5.74) is 0.0664. The van der Waals surface area contributed by atoms with E-state index in [-0.39, 0.29) is 17.9 Å². The first-order valence-corrected chi connectivity index (χ1v) is 6.76. The van der Waals surface area contributed by atoms with E-state index in [0.717, 1.165) is 30.1 Å². The lowest BCUT2D eigenvalue weighted by molar-refractivity contribution is 0.0953. The van der Waals surface area contributed by atoms with Crippen molar-refractivity contribution in [2.24, 2.45) is 0 Å². The topological polar surface area (TPSA) is 69.6 Å². The number of rotatable bonds is 7. The summed E-state index contributed by atoms with van der Waals surface area (Å²) in [4.78, 5) is 11.6. The molecular weight excluding hydrogens is 257 g/mol. The van der Waals surface area contributed by atoms with Gasteiger partial charge in [0.15, 0.2) is 0 Å². The molecule has 3 N–H and O–H groups in total. The van der Waals surface area contributed by atoms with Gasteiger partial charge in [-0.05, 0) is 24.3 Å². The summed E-state index contributed by atoms with van der Waals surface area (Å²) in [6.07, 6.45) is 0.733. The zero-order valence-electron chi connectivity index (χ0n) is 9.86. The molecule has 0 bridgehead atoms. The van der Waals surface area contributed by atoms with Crippen LogP contribution in [0.1, 0.15) is 16.8 Å². The van der Waals surface area contributed by atoms with Gasteiger partial charge in [-0.15, -0.1) is 0 Å². The normalized spacial score (nSPS) is 10.3. The first kappa shape index (κ1) is 14.8. The molecule has 4 nitrogen and oxygen atoms in total. The fourth-order valence-corrected chi connectivity index (χ4v) is 2.08. The van der Waals surface area contributed by atoms with Gasteiger partial charge in [0, 0.05) is 25.0 Å². The fraction of sp³-hybridized carbons (Fsp3) is 0.417. The molecule has 1 amide bonds. The number of aromatic hydroxyl groups is 1. The molecule has 0 spiro atoms. The molecule has 0 aliphatic heterocycles. The molecule has 1 aromatic rings. The van der Waals surface area contributed by atoms with Crippen molar-refractivity contribution in [2.45, 2.75) is 6.42 Å². The molecule has 0 unspecified atom stereocenters. The maximum atomic E-state index is 12.7. The molecule has 0 aromatic heterocycles. The summed E-state index contributed by atoms with van der Waals surface area (Å²) in [5, 5.41) is 20.6. The van der Waals surface area contributed by atoms with Crippen LogP contribution in [-0.2, 0) is 0 Å². The molecule has 1 rings (SSSR count). The lowest BCUT2D eigenvalue weighted by atomic mass is 10.2. The predicted molar refractivity (Wildman–Crippen MR) is 69.4 cm³/mol. The zero-order chi connectivity index (χ0) is 13.4. The first-order chi connectivity index (χ1) is 8.65. The van der Waals surface area contributed by atoms with Crippen LogP contribution in [0.15, 0.2) is 18.2 Å². The number of carbonyl (C=O) groups is 1. The van der Waals surface area contributed by atoms with Crippen LogP contribution in [0.4, 0.5) is 4.39 Å². The number of benzene rings is 1. The van der Waals surface area contributed by atoms with Gasteiger partial charge in [0.05, 0.1) is 5.56 Å². The van der Waals surface area contributed by atoms with E-state index < -0.39 is 11.7 Å². The van der Waals surface area contributed by atoms with Gasteiger partial charge in [-0.2, -0.15) is 11.8 Å². The van der Waals surface area contributed by atoms with Crippen LogP contribution in [0.25, 0.3) is 0 Å². The second kappa shape index (κ2) is 7.94. The van der Waals surface area contributed by atoms with E-state index in [1.807, 2.05) is 0 Å². The summed E-state index contributed by atoms with van der Waals surface area (Å²) < 4.78 is 12.7. The molecule has 18 heavy (non-hydrogen) atoms. The third-order valence-electron chi connectivity index (χ3n) is 2.18. The standard InChI is InChI=1S/C12H16FNO3S/c13-9-2-3-10(11(16)8-9)12(17)14-4-7-18-6-1-5-15/h2-3,8,15-16H,1,4-7H2,(H,14,17). The van der Waals surface area contributed by atoms with Crippen molar-refractivity contribution < 1.29 is 19.4 Å². The Balaban J connectivity index is 2.32. The molecule has 0 saturated heterocycles. The molecular formula is C12H16FNO3S. The third kappa shape index (κ3) is 4.93. The second-order valence-electron chi connectivity index (χ2n) is 3.61. The third-order valence-corrected chi connectivity index (χ3v) is 3.25. The Hall–Kier alpha value is -1.27. The van der Waals surface area contributed by atoms with E-state index in [1.54, 1.807) is 11.8 Å². The minimum absolute atomic E-state index is 0.0664. The van der Waals surface area contributed by atoms with Crippen LogP contribution in [-0.4, -0.2) is 40.8 Å². The van der Waals surface area contributed by atoms with E-state index in [1.165, 1.54) is 6.07 Å². The van der Waals surface area contributed by atoms with E-state index in [2.05, 4.69) is 5.32 Å². The van der Waals surface area contributed by atoms with Crippen LogP contribution >= 0.6 is 11.8 Å². The number of amides is 1. The van der Waals surface area contributed by atoms with Crippen LogP contribution in [0.3, 0.4) is 0 Å². The molecule has 100 valence electrons. The Kier molecular flexibility index (Phi) is 6.53. The van der Waals surface area contributed by atoms with Crippen molar-refractivity contribution in [3.8, 4) is 5.75 Å². The SMILES string of the molecule is O=C(NCCSCCCO)c1ccc(F)cc1O. The highest BCUT2D eigenvalue weighted by molar-refractivity contribution is 7.99. The highest BCUT2D eigenvalue weighted by Gasteiger charge is 2.10. The molecule has 0 fully saturated rings. The molecule has 0 radical (unpaired) electrons. The summed E-state index contributed by atoms with van der Waals surface area (Å²) in [7, 11) is 0. The van der Waals surface area contributed by atoms with Crippen LogP contribution in [0, 0.1) is 5.82 Å². The summed E-state index contributed by atoms with van der Waals surface area (Å²) in [6.45, 7) is 0.633. The second-order valence-corrected chi connectivity index (χ2v) is 4.83. The van der Waals surface area contributed by atoms with Crippen molar-refractivity contribution in [1.82, 2.24) is 5.32 Å². The number of aliphatic hydroxyl groups excluding tert-OH is 1. The number of aliphatic hydroxyl groups is 1. The maximum absolute atomic E-state index is 12.7. The number of phenolic OH excluding ortho intramolecular Hbond substituents is 1. The van der Waals surface area contributed by atoms with E-state index in [0.29, 0.717) is 6.54 Å². The van der Waals surface area contributed by atoms with Gasteiger partial charge in [-0.3, -0.25) is 4.79 Å². The highest BCUT2D eigenvalue weighted by atomic mass is 32.2. The number of phenols is 1. The van der Waals surface area contributed by atoms with Crippen molar-refractivity contribution in [1.29, 1.82) is 0 Å². The Morgan fingerprint density at radius 3 is 2.83 bits per heavy atom. The van der Waals surface area contributed by atoms with Crippen molar-refractivity contribution in [2.75, 3.05) is 24.7 Å². The van der Waals surface area contributed by atoms with Gasteiger partial charge in [0.25, 0.3) is 5.91 Å². The minimum Gasteiger partial charge on any atom is -0.507 e. The summed E-state index contributed by atoms with van der Waals surface area (Å²) in [5.74, 6) is 0.210. The zero-order valence-corrected chi connectivity index (χ0v) is 10.7. The fourth-order valence-electron chi connectivity index (χ4n) is 1.30. The number of hydrogen-bond donors (Lipinski definition) is 3. The average molecular weight is 273 g/mol. The van der Waals surface area contributed by atoms with Crippen molar-refractivity contribution >= 4 is 17.7 Å². The van der Waals surface area contributed by atoms with E-state index in [9.17, 15) is 14.3 Å². The Morgan fingerprint density at radius 2 is 2.17 bits per heavy atom. The van der Waals surface area contributed by atoms with Gasteiger partial charge in [-0.25, -0.2) is 4.39 Å². The van der Waals surface area contributed by atoms with Crippen molar-refractivity contribution in [3.05, 3.63) is 29.6 Å². The number of hydrogen-bond acceptors (Lipinski definition) is 4. The first-order valence-electron chi connectivity index (χ1n) is 5.60. The van der Waals surface area contributed by atoms with Crippen LogP contribution in [0.5, 0.6) is 5.75 Å². The molecule has 0 saturated carbocycles. The van der Waals surface area contributed by atoms with Crippen LogP contribution in [0.2, 0.25) is 0 Å². The number of carbonyl (C=O) groups excluding carboxylic acids is 1. The lowest BCUT2D eigenvalue weighted by Gasteiger charge is -2.06. The number of nitrogens with one attached hydrogen (secondary N) is 1. The number of thioether (sulfide) groups is 1. The largest absolute Gasteiger partial charge is 0.507 e. The Morgan fingerprint density at radius 1 is 1.39 bits per heavy atom. The maximum Gasteiger partial charge on any atom is 0.255 e. The Labute approximate surface area is 109 Å². The van der Waals surface area contributed by atoms with Gasteiger partial charge in [0.2, 0.25) is 0 Å². The van der Waals surface area contributed by atoms with E-state index in [4.69, 9.17) is 5.11 Å². The predicted octanol–water partition coefficient (Wildman–Crippen LogP) is 1.38.